The van der Waals surface area contributed by atoms with Crippen molar-refractivity contribution in [2.24, 2.45) is 4.99 Å². The summed E-state index contributed by atoms with van der Waals surface area (Å²) in [6.07, 6.45) is 6.97. The van der Waals surface area contributed by atoms with Crippen molar-refractivity contribution in [1.29, 1.82) is 0 Å². The number of guanidine groups is 1. The van der Waals surface area contributed by atoms with Gasteiger partial charge in [-0.1, -0.05) is 6.42 Å². The fraction of sp³-hybridized carbons (Fsp3) is 0.944. The number of morpholine rings is 1. The molecule has 3 aliphatic heterocycles. The van der Waals surface area contributed by atoms with Crippen LogP contribution in [0, 0.1) is 0 Å². The molecule has 0 radical (unpaired) electrons. The molecule has 0 saturated carbocycles. The first kappa shape index (κ1) is 18.0. The van der Waals surface area contributed by atoms with E-state index in [1.54, 1.807) is 0 Å². The molecule has 3 fully saturated rings. The van der Waals surface area contributed by atoms with E-state index in [0.717, 1.165) is 45.3 Å². The van der Waals surface area contributed by atoms with Gasteiger partial charge >= 0.3 is 0 Å². The summed E-state index contributed by atoms with van der Waals surface area (Å²) in [7, 11) is 0. The molecule has 0 aromatic rings. The Morgan fingerprint density at radius 2 is 2.00 bits per heavy atom. The van der Waals surface area contributed by atoms with Gasteiger partial charge in [0.05, 0.1) is 19.3 Å². The second kappa shape index (κ2) is 9.59. The molecular weight excluding hydrogens is 302 g/mol. The first-order valence-electron chi connectivity index (χ1n) is 9.95. The molecule has 6 heteroatoms. The zero-order valence-electron chi connectivity index (χ0n) is 15.3. The molecule has 3 rings (SSSR count). The Bertz CT molecular complexity index is 397. The third-order valence-electron chi connectivity index (χ3n) is 5.43. The number of likely N-dealkylation sites (tertiary alicyclic amines) is 1. The van der Waals surface area contributed by atoms with E-state index in [4.69, 9.17) is 9.73 Å². The van der Waals surface area contributed by atoms with Gasteiger partial charge in [0.15, 0.2) is 5.96 Å². The quantitative estimate of drug-likeness (QED) is 0.557. The van der Waals surface area contributed by atoms with Crippen LogP contribution in [0.1, 0.15) is 39.0 Å². The van der Waals surface area contributed by atoms with Crippen LogP contribution < -0.4 is 10.6 Å². The van der Waals surface area contributed by atoms with Crippen LogP contribution in [0.3, 0.4) is 0 Å². The van der Waals surface area contributed by atoms with E-state index in [1.807, 2.05) is 0 Å². The predicted octanol–water partition coefficient (Wildman–Crippen LogP) is 0.891. The van der Waals surface area contributed by atoms with E-state index < -0.39 is 0 Å². The van der Waals surface area contributed by atoms with E-state index >= 15 is 0 Å². The number of nitrogens with one attached hydrogen (secondary N) is 2. The van der Waals surface area contributed by atoms with Crippen LogP contribution in [-0.4, -0.2) is 86.9 Å². The van der Waals surface area contributed by atoms with Crippen molar-refractivity contribution in [3.05, 3.63) is 0 Å². The summed E-state index contributed by atoms with van der Waals surface area (Å²) in [5.74, 6) is 0.932. The fourth-order valence-electron chi connectivity index (χ4n) is 4.05. The van der Waals surface area contributed by atoms with Crippen molar-refractivity contribution in [3.8, 4) is 0 Å². The molecule has 0 aliphatic carbocycles. The highest BCUT2D eigenvalue weighted by Gasteiger charge is 2.31. The highest BCUT2D eigenvalue weighted by molar-refractivity contribution is 5.79. The molecule has 24 heavy (non-hydrogen) atoms. The molecule has 2 unspecified atom stereocenters. The summed E-state index contributed by atoms with van der Waals surface area (Å²) >= 11 is 0. The first-order valence-corrected chi connectivity index (χ1v) is 9.95. The van der Waals surface area contributed by atoms with Gasteiger partial charge in [0.1, 0.15) is 0 Å². The molecule has 0 bridgehead atoms. The third-order valence-corrected chi connectivity index (χ3v) is 5.43. The molecule has 0 spiro atoms. The number of fused-ring (bicyclic) bond motifs is 1. The smallest absolute Gasteiger partial charge is 0.191 e. The van der Waals surface area contributed by atoms with Crippen LogP contribution in [0.2, 0.25) is 0 Å². The molecule has 0 aromatic carbocycles. The summed E-state index contributed by atoms with van der Waals surface area (Å²) in [5, 5.41) is 6.84. The Morgan fingerprint density at radius 3 is 2.83 bits per heavy atom. The minimum atomic E-state index is 0.247. The van der Waals surface area contributed by atoms with Crippen LogP contribution in [0.5, 0.6) is 0 Å². The van der Waals surface area contributed by atoms with Gasteiger partial charge in [-0.3, -0.25) is 9.89 Å². The van der Waals surface area contributed by atoms with Gasteiger partial charge in [-0.05, 0) is 52.2 Å². The maximum absolute atomic E-state index is 6.01. The largest absolute Gasteiger partial charge is 0.373 e. The van der Waals surface area contributed by atoms with Crippen molar-refractivity contribution in [2.75, 3.05) is 59.0 Å². The molecule has 2 atom stereocenters. The van der Waals surface area contributed by atoms with Crippen LogP contribution in [-0.2, 0) is 4.74 Å². The lowest BCUT2D eigenvalue weighted by molar-refractivity contribution is -0.0432. The van der Waals surface area contributed by atoms with Crippen molar-refractivity contribution in [1.82, 2.24) is 20.4 Å². The Balaban J connectivity index is 1.39. The molecular formula is C18H35N5O. The third kappa shape index (κ3) is 5.33. The first-order chi connectivity index (χ1) is 11.8. The number of piperidine rings is 1. The molecule has 6 nitrogen and oxygen atoms in total. The standard InChI is InChI=1S/C18H35N5O/c1-2-19-18(20-8-12-22-9-4-3-5-10-22)21-13-17-14-23-11-6-7-16(23)15-24-17/h16-17H,2-15H2,1H3,(H2,19,20,21). The Labute approximate surface area is 147 Å². The molecule has 2 N–H and O–H groups in total. The number of hydrogen-bond donors (Lipinski definition) is 2. The zero-order valence-corrected chi connectivity index (χ0v) is 15.3. The van der Waals surface area contributed by atoms with Gasteiger partial charge in [-0.25, -0.2) is 0 Å². The Kier molecular flexibility index (Phi) is 7.17. The topological polar surface area (TPSA) is 52.1 Å². The minimum Gasteiger partial charge on any atom is -0.373 e. The van der Waals surface area contributed by atoms with E-state index in [2.05, 4.69) is 27.4 Å². The normalized spacial score (nSPS) is 29.5. The van der Waals surface area contributed by atoms with Crippen LogP contribution in [0.15, 0.2) is 4.99 Å². The lowest BCUT2D eigenvalue weighted by Gasteiger charge is -2.34. The van der Waals surface area contributed by atoms with Crippen molar-refractivity contribution < 1.29 is 4.74 Å². The maximum atomic E-state index is 6.01. The van der Waals surface area contributed by atoms with Gasteiger partial charge in [0.25, 0.3) is 0 Å². The highest BCUT2D eigenvalue weighted by atomic mass is 16.5. The van der Waals surface area contributed by atoms with E-state index in [1.165, 1.54) is 51.7 Å². The Hall–Kier alpha value is -0.850. The Morgan fingerprint density at radius 1 is 1.12 bits per heavy atom. The summed E-state index contributed by atoms with van der Waals surface area (Å²) < 4.78 is 6.01. The van der Waals surface area contributed by atoms with Crippen molar-refractivity contribution >= 4 is 5.96 Å². The average Bonchev–Trinajstić information content (AvgIpc) is 3.08. The number of ether oxygens (including phenoxy) is 1. The summed E-state index contributed by atoms with van der Waals surface area (Å²) in [4.78, 5) is 9.90. The lowest BCUT2D eigenvalue weighted by Crippen LogP contribution is -2.48. The summed E-state index contributed by atoms with van der Waals surface area (Å²) in [6.45, 7) is 11.5. The van der Waals surface area contributed by atoms with Gasteiger partial charge in [-0.2, -0.15) is 0 Å². The van der Waals surface area contributed by atoms with Crippen LogP contribution >= 0.6 is 0 Å². The highest BCUT2D eigenvalue weighted by Crippen LogP contribution is 2.22. The number of nitrogens with zero attached hydrogens (tertiary/aromatic N) is 3. The van der Waals surface area contributed by atoms with Gasteiger partial charge in [0, 0.05) is 32.2 Å². The number of hydrogen-bond acceptors (Lipinski definition) is 4. The van der Waals surface area contributed by atoms with E-state index in [0.29, 0.717) is 6.04 Å². The molecule has 0 aromatic heterocycles. The minimum absolute atomic E-state index is 0.247. The second-order valence-corrected chi connectivity index (χ2v) is 7.30. The van der Waals surface area contributed by atoms with Crippen molar-refractivity contribution in [3.63, 3.8) is 0 Å². The van der Waals surface area contributed by atoms with Gasteiger partial charge in [-0.15, -0.1) is 0 Å². The second-order valence-electron chi connectivity index (χ2n) is 7.30. The number of aliphatic imine (C=N–C) groups is 1. The maximum Gasteiger partial charge on any atom is 0.191 e. The van der Waals surface area contributed by atoms with E-state index in [9.17, 15) is 0 Å². The average molecular weight is 338 g/mol. The summed E-state index contributed by atoms with van der Waals surface area (Å²) in [6, 6.07) is 0.668. The molecule has 0 amide bonds. The monoisotopic (exact) mass is 337 g/mol. The van der Waals surface area contributed by atoms with E-state index in [-0.39, 0.29) is 6.10 Å². The summed E-state index contributed by atoms with van der Waals surface area (Å²) in [5.41, 5.74) is 0. The fourth-order valence-corrected chi connectivity index (χ4v) is 4.05. The molecule has 3 heterocycles. The van der Waals surface area contributed by atoms with Gasteiger partial charge < -0.3 is 20.3 Å². The number of rotatable bonds is 6. The molecule has 3 aliphatic rings. The van der Waals surface area contributed by atoms with Crippen molar-refractivity contribution in [2.45, 2.75) is 51.2 Å². The predicted molar refractivity (Wildman–Crippen MR) is 98.6 cm³/mol. The SMILES string of the molecule is CCNC(=NCC1CN2CCCC2CO1)NCCN1CCCCC1. The van der Waals surface area contributed by atoms with Crippen LogP contribution in [0.25, 0.3) is 0 Å². The van der Waals surface area contributed by atoms with Crippen LogP contribution in [0.4, 0.5) is 0 Å². The van der Waals surface area contributed by atoms with Gasteiger partial charge in [0.2, 0.25) is 0 Å². The zero-order chi connectivity index (χ0) is 16.6. The molecule has 138 valence electrons. The molecule has 3 saturated heterocycles. The lowest BCUT2D eigenvalue weighted by atomic mass is 10.1.